The third kappa shape index (κ3) is 1.72. The largest absolute Gasteiger partial charge is 0.399 e. The fourth-order valence-electron chi connectivity index (χ4n) is 2.26. The fraction of sp³-hybridized carbons (Fsp3) is 0.0625. The molecule has 2 N–H and O–H groups in total. The van der Waals surface area contributed by atoms with E-state index in [9.17, 15) is 0 Å². The lowest BCUT2D eigenvalue weighted by Gasteiger charge is -2.09. The van der Waals surface area contributed by atoms with E-state index in [1.54, 1.807) is 0 Å². The maximum atomic E-state index is 5.73. The zero-order valence-electron chi connectivity index (χ0n) is 10.2. The molecule has 3 rings (SSSR count). The molecule has 0 spiro atoms. The molecule has 2 nitrogen and oxygen atoms in total. The first-order chi connectivity index (χ1) is 8.75. The number of rotatable bonds is 1. The van der Waals surface area contributed by atoms with E-state index in [1.165, 1.54) is 27.5 Å². The number of aromatic nitrogens is 1. The number of nitrogens with two attached hydrogens (primary N) is 1. The third-order valence-corrected chi connectivity index (χ3v) is 3.26. The lowest BCUT2D eigenvalue weighted by molar-refractivity contribution is 1.35. The minimum Gasteiger partial charge on any atom is -0.399 e. The van der Waals surface area contributed by atoms with Gasteiger partial charge in [-0.25, -0.2) is 0 Å². The second-order valence-electron chi connectivity index (χ2n) is 4.47. The molecule has 2 aromatic carbocycles. The summed E-state index contributed by atoms with van der Waals surface area (Å²) in [5.41, 5.74) is 10.2. The van der Waals surface area contributed by atoms with E-state index in [4.69, 9.17) is 5.73 Å². The van der Waals surface area contributed by atoms with Crippen LogP contribution in [0.15, 0.2) is 54.9 Å². The summed E-state index contributed by atoms with van der Waals surface area (Å²) in [5.74, 6) is 0. The summed E-state index contributed by atoms with van der Waals surface area (Å²) in [5, 5.41) is 2.43. The van der Waals surface area contributed by atoms with Crippen LogP contribution in [0.5, 0.6) is 0 Å². The van der Waals surface area contributed by atoms with Gasteiger partial charge in [0, 0.05) is 23.5 Å². The van der Waals surface area contributed by atoms with Crippen molar-refractivity contribution >= 4 is 16.5 Å². The van der Waals surface area contributed by atoms with Crippen molar-refractivity contribution in [2.24, 2.45) is 0 Å². The molecule has 0 aliphatic heterocycles. The molecule has 1 heterocycles. The number of hydrogen-bond donors (Lipinski definition) is 1. The molecule has 0 aliphatic carbocycles. The highest BCUT2D eigenvalue weighted by molar-refractivity contribution is 5.97. The van der Waals surface area contributed by atoms with Gasteiger partial charge >= 0.3 is 0 Å². The summed E-state index contributed by atoms with van der Waals surface area (Å²) < 4.78 is 0. The number of pyridine rings is 1. The van der Waals surface area contributed by atoms with E-state index in [1.807, 2.05) is 36.7 Å². The molecule has 0 bridgehead atoms. The molecule has 88 valence electrons. The molecule has 0 fully saturated rings. The van der Waals surface area contributed by atoms with Crippen molar-refractivity contribution < 1.29 is 0 Å². The van der Waals surface area contributed by atoms with Crippen molar-refractivity contribution in [2.45, 2.75) is 6.92 Å². The van der Waals surface area contributed by atoms with Crippen LogP contribution in [-0.4, -0.2) is 4.98 Å². The number of fused-ring (bicyclic) bond motifs is 1. The number of hydrogen-bond acceptors (Lipinski definition) is 2. The molecule has 0 aliphatic rings. The van der Waals surface area contributed by atoms with Crippen molar-refractivity contribution in [1.29, 1.82) is 0 Å². The minimum atomic E-state index is 0.785. The van der Waals surface area contributed by atoms with Gasteiger partial charge in [-0.05, 0) is 47.2 Å². The first-order valence-corrected chi connectivity index (χ1v) is 5.95. The van der Waals surface area contributed by atoms with Crippen LogP contribution >= 0.6 is 0 Å². The van der Waals surface area contributed by atoms with Crippen LogP contribution in [0.25, 0.3) is 21.9 Å². The Morgan fingerprint density at radius 1 is 0.889 bits per heavy atom. The fourth-order valence-corrected chi connectivity index (χ4v) is 2.26. The minimum absolute atomic E-state index is 0.785. The molecular weight excluding hydrogens is 220 g/mol. The van der Waals surface area contributed by atoms with E-state index in [0.29, 0.717) is 0 Å². The van der Waals surface area contributed by atoms with Crippen molar-refractivity contribution in [3.05, 3.63) is 60.4 Å². The van der Waals surface area contributed by atoms with E-state index in [0.717, 1.165) is 5.69 Å². The molecule has 2 heteroatoms. The van der Waals surface area contributed by atoms with Crippen LogP contribution in [0, 0.1) is 6.92 Å². The number of aryl methyl sites for hydroxylation is 1. The van der Waals surface area contributed by atoms with Crippen LogP contribution in [0.1, 0.15) is 5.56 Å². The molecular formula is C16H14N2. The highest BCUT2D eigenvalue weighted by atomic mass is 14.6. The number of nitrogen functional groups attached to an aromatic ring is 1. The Bertz CT molecular complexity index is 700. The highest BCUT2D eigenvalue weighted by Crippen LogP contribution is 2.30. The molecule has 18 heavy (non-hydrogen) atoms. The quantitative estimate of drug-likeness (QED) is 0.650. The zero-order chi connectivity index (χ0) is 12.5. The SMILES string of the molecule is Cc1ccc(-c2ccc(N)cc2)c2cnccc12. The Morgan fingerprint density at radius 3 is 2.44 bits per heavy atom. The standard InChI is InChI=1S/C16H14N2/c1-11-2-7-15(12-3-5-13(17)6-4-12)16-10-18-9-8-14(11)16/h2-10H,17H2,1H3. The Hall–Kier alpha value is -2.35. The monoisotopic (exact) mass is 234 g/mol. The maximum Gasteiger partial charge on any atom is 0.0352 e. The Balaban J connectivity index is 2.30. The molecule has 0 amide bonds. The van der Waals surface area contributed by atoms with Crippen LogP contribution in [0.3, 0.4) is 0 Å². The van der Waals surface area contributed by atoms with Crippen LogP contribution in [0.4, 0.5) is 5.69 Å². The summed E-state index contributed by atoms with van der Waals surface area (Å²) in [7, 11) is 0. The van der Waals surface area contributed by atoms with Gasteiger partial charge in [-0.3, -0.25) is 4.98 Å². The average molecular weight is 234 g/mol. The van der Waals surface area contributed by atoms with Gasteiger partial charge in [0.15, 0.2) is 0 Å². The number of benzene rings is 2. The van der Waals surface area contributed by atoms with Gasteiger partial charge in [0.1, 0.15) is 0 Å². The molecule has 1 aromatic heterocycles. The second-order valence-corrected chi connectivity index (χ2v) is 4.47. The average Bonchev–Trinajstić information content (AvgIpc) is 2.41. The van der Waals surface area contributed by atoms with Gasteiger partial charge < -0.3 is 5.73 Å². The lowest BCUT2D eigenvalue weighted by Crippen LogP contribution is -1.87. The van der Waals surface area contributed by atoms with Crippen molar-refractivity contribution in [1.82, 2.24) is 4.98 Å². The lowest BCUT2D eigenvalue weighted by atomic mass is 9.97. The molecule has 0 unspecified atom stereocenters. The smallest absolute Gasteiger partial charge is 0.0352 e. The maximum absolute atomic E-state index is 5.73. The third-order valence-electron chi connectivity index (χ3n) is 3.26. The van der Waals surface area contributed by atoms with Gasteiger partial charge in [-0.1, -0.05) is 24.3 Å². The predicted molar refractivity (Wildman–Crippen MR) is 76.3 cm³/mol. The number of nitrogens with zero attached hydrogens (tertiary/aromatic N) is 1. The normalized spacial score (nSPS) is 10.7. The zero-order valence-corrected chi connectivity index (χ0v) is 10.2. The second kappa shape index (κ2) is 4.15. The summed E-state index contributed by atoms with van der Waals surface area (Å²) in [6.07, 6.45) is 3.76. The Kier molecular flexibility index (Phi) is 2.49. The molecule has 0 radical (unpaired) electrons. The van der Waals surface area contributed by atoms with Gasteiger partial charge in [0.2, 0.25) is 0 Å². The van der Waals surface area contributed by atoms with Crippen LogP contribution < -0.4 is 5.73 Å². The summed E-state index contributed by atoms with van der Waals surface area (Å²) in [6, 6.07) is 14.3. The van der Waals surface area contributed by atoms with Crippen molar-refractivity contribution in [2.75, 3.05) is 5.73 Å². The topological polar surface area (TPSA) is 38.9 Å². The first kappa shape index (κ1) is 10.8. The molecule has 0 atom stereocenters. The predicted octanol–water partition coefficient (Wildman–Crippen LogP) is 3.79. The van der Waals surface area contributed by atoms with Gasteiger partial charge in [-0.15, -0.1) is 0 Å². The van der Waals surface area contributed by atoms with Gasteiger partial charge in [0.25, 0.3) is 0 Å². The van der Waals surface area contributed by atoms with Crippen molar-refractivity contribution in [3.63, 3.8) is 0 Å². The van der Waals surface area contributed by atoms with Gasteiger partial charge in [0.05, 0.1) is 0 Å². The van der Waals surface area contributed by atoms with Crippen molar-refractivity contribution in [3.8, 4) is 11.1 Å². The van der Waals surface area contributed by atoms with E-state index in [2.05, 4.69) is 30.1 Å². The van der Waals surface area contributed by atoms with E-state index >= 15 is 0 Å². The Labute approximate surface area is 106 Å². The number of anilines is 1. The molecule has 0 saturated carbocycles. The Morgan fingerprint density at radius 2 is 1.67 bits per heavy atom. The summed E-state index contributed by atoms with van der Waals surface area (Å²) >= 11 is 0. The van der Waals surface area contributed by atoms with Gasteiger partial charge in [-0.2, -0.15) is 0 Å². The molecule has 0 saturated heterocycles. The van der Waals surface area contributed by atoms with Crippen LogP contribution in [-0.2, 0) is 0 Å². The van der Waals surface area contributed by atoms with E-state index < -0.39 is 0 Å². The van der Waals surface area contributed by atoms with Crippen LogP contribution in [0.2, 0.25) is 0 Å². The highest BCUT2D eigenvalue weighted by Gasteiger charge is 2.05. The summed E-state index contributed by atoms with van der Waals surface area (Å²) in [4.78, 5) is 4.23. The van der Waals surface area contributed by atoms with E-state index in [-0.39, 0.29) is 0 Å². The molecule has 3 aromatic rings. The summed E-state index contributed by atoms with van der Waals surface area (Å²) in [6.45, 7) is 2.12. The first-order valence-electron chi connectivity index (χ1n) is 5.95.